The van der Waals surface area contributed by atoms with Gasteiger partial charge in [0.05, 0.1) is 0 Å². The molecule has 4 saturated heterocycles. The molecule has 4 aliphatic rings. The van der Waals surface area contributed by atoms with Gasteiger partial charge in [0.2, 0.25) is 11.9 Å². The molecule has 4 aliphatic heterocycles. The number of rotatable bonds is 8. The number of carbonyl (C=O) groups excluding carboxylic acids is 1. The summed E-state index contributed by atoms with van der Waals surface area (Å²) in [6, 6.07) is 3.22. The summed E-state index contributed by atoms with van der Waals surface area (Å²) in [7, 11) is 0. The van der Waals surface area contributed by atoms with Gasteiger partial charge in [-0.2, -0.15) is 4.98 Å². The van der Waals surface area contributed by atoms with E-state index in [-0.39, 0.29) is 55.1 Å². The van der Waals surface area contributed by atoms with Crippen molar-refractivity contribution in [2.45, 2.75) is 88.8 Å². The lowest BCUT2D eigenvalue weighted by Crippen LogP contribution is -2.57. The molecule has 5 rings (SSSR count). The molecule has 1 aromatic rings. The minimum absolute atomic E-state index is 0. The van der Waals surface area contributed by atoms with Gasteiger partial charge in [0, 0.05) is 63.1 Å². The summed E-state index contributed by atoms with van der Waals surface area (Å²) < 4.78 is 5.68. The van der Waals surface area contributed by atoms with Crippen LogP contribution in [0.15, 0.2) is 12.3 Å². The number of hydrogen-bond donors (Lipinski definition) is 3. The average Bonchev–Trinajstić information content (AvgIpc) is 3.25. The van der Waals surface area contributed by atoms with Crippen LogP contribution < -0.4 is 20.9 Å². The largest absolute Gasteiger partial charge is 0.381 e. The molecule has 5 heterocycles. The standard InChI is InChI=1S/C28H47N7O2.3ClH/c36-27(22-7-13-29-14-8-22)30-15-9-25-24(6-5-19-35(25)23-11-20-37-21-12-23)32-28-31-16-10-26(33-28)34-17-3-1-2-4-18-34;;;/h10,16,22-25,29H,1-9,11-15,17-21H2,(H,30,36)(H,31,32,33);3*1H. The highest BCUT2D eigenvalue weighted by Crippen LogP contribution is 2.29. The third-order valence-electron chi connectivity index (χ3n) is 8.82. The van der Waals surface area contributed by atoms with E-state index in [2.05, 4.69) is 36.8 Å². The van der Waals surface area contributed by atoms with Gasteiger partial charge in [-0.05, 0) is 83.5 Å². The number of aromatic nitrogens is 2. The fraction of sp³-hybridized carbons (Fsp3) is 0.821. The van der Waals surface area contributed by atoms with Gasteiger partial charge in [0.1, 0.15) is 5.82 Å². The molecule has 2 unspecified atom stereocenters. The molecule has 3 N–H and O–H groups in total. The molecule has 12 heteroatoms. The first kappa shape index (κ1) is 35.1. The molecule has 9 nitrogen and oxygen atoms in total. The van der Waals surface area contributed by atoms with E-state index in [0.717, 1.165) is 103 Å². The van der Waals surface area contributed by atoms with Crippen LogP contribution in [-0.4, -0.2) is 91.4 Å². The van der Waals surface area contributed by atoms with E-state index < -0.39 is 0 Å². The fourth-order valence-electron chi connectivity index (χ4n) is 6.72. The summed E-state index contributed by atoms with van der Waals surface area (Å²) in [5.41, 5.74) is 0. The summed E-state index contributed by atoms with van der Waals surface area (Å²) in [4.78, 5) is 27.5. The number of carbonyl (C=O) groups is 1. The maximum atomic E-state index is 12.8. The predicted molar refractivity (Wildman–Crippen MR) is 169 cm³/mol. The van der Waals surface area contributed by atoms with Gasteiger partial charge in [-0.25, -0.2) is 4.98 Å². The number of hydrogen-bond acceptors (Lipinski definition) is 8. The molecule has 40 heavy (non-hydrogen) atoms. The van der Waals surface area contributed by atoms with Crippen LogP contribution in [0.3, 0.4) is 0 Å². The minimum atomic E-state index is 0. The van der Waals surface area contributed by atoms with Gasteiger partial charge < -0.3 is 25.6 Å². The number of ether oxygens (including phenoxy) is 1. The lowest BCUT2D eigenvalue weighted by molar-refractivity contribution is -0.125. The Bertz CT molecular complexity index is 851. The third kappa shape index (κ3) is 9.73. The number of amides is 1. The summed E-state index contributed by atoms with van der Waals surface area (Å²) in [5.74, 6) is 2.17. The third-order valence-corrected chi connectivity index (χ3v) is 8.82. The summed E-state index contributed by atoms with van der Waals surface area (Å²) in [6.07, 6.45) is 14.3. The van der Waals surface area contributed by atoms with Crippen molar-refractivity contribution >= 4 is 54.9 Å². The van der Waals surface area contributed by atoms with Gasteiger partial charge in [0.15, 0.2) is 0 Å². The van der Waals surface area contributed by atoms with E-state index in [1.165, 1.54) is 32.1 Å². The molecular weight excluding hydrogens is 573 g/mol. The molecule has 0 radical (unpaired) electrons. The highest BCUT2D eigenvalue weighted by Gasteiger charge is 2.36. The lowest BCUT2D eigenvalue weighted by atomic mass is 9.90. The van der Waals surface area contributed by atoms with E-state index >= 15 is 0 Å². The Hall–Kier alpha value is -1.10. The Balaban J connectivity index is 0.00000187. The Morgan fingerprint density at radius 3 is 2.40 bits per heavy atom. The molecule has 4 fully saturated rings. The number of piperidine rings is 2. The van der Waals surface area contributed by atoms with Crippen LogP contribution >= 0.6 is 37.2 Å². The Morgan fingerprint density at radius 1 is 0.950 bits per heavy atom. The van der Waals surface area contributed by atoms with Crippen molar-refractivity contribution < 1.29 is 9.53 Å². The molecule has 230 valence electrons. The molecule has 0 saturated carbocycles. The fourth-order valence-corrected chi connectivity index (χ4v) is 6.72. The SMILES string of the molecule is Cl.Cl.Cl.O=C(NCCC1C(Nc2nccc(N3CCCCCC3)n2)CCCN1C1CCOCC1)C1CCNCC1. The van der Waals surface area contributed by atoms with Crippen LogP contribution in [0.25, 0.3) is 0 Å². The lowest BCUT2D eigenvalue weighted by Gasteiger charge is -2.47. The smallest absolute Gasteiger partial charge is 0.224 e. The van der Waals surface area contributed by atoms with Gasteiger partial charge >= 0.3 is 0 Å². The number of likely N-dealkylation sites (tertiary alicyclic amines) is 1. The van der Waals surface area contributed by atoms with Crippen molar-refractivity contribution in [3.05, 3.63) is 12.3 Å². The van der Waals surface area contributed by atoms with Crippen molar-refractivity contribution in [1.82, 2.24) is 25.5 Å². The monoisotopic (exact) mass is 621 g/mol. The zero-order chi connectivity index (χ0) is 25.3. The molecular formula is C28H50Cl3N7O2. The molecule has 0 bridgehead atoms. The van der Waals surface area contributed by atoms with Crippen molar-refractivity contribution in [3.63, 3.8) is 0 Å². The minimum Gasteiger partial charge on any atom is -0.381 e. The second kappa shape index (κ2) is 18.4. The van der Waals surface area contributed by atoms with Crippen LogP contribution in [-0.2, 0) is 9.53 Å². The van der Waals surface area contributed by atoms with Gasteiger partial charge in [-0.3, -0.25) is 9.69 Å². The van der Waals surface area contributed by atoms with Crippen LogP contribution in [0.4, 0.5) is 11.8 Å². The van der Waals surface area contributed by atoms with E-state index in [4.69, 9.17) is 9.72 Å². The zero-order valence-electron chi connectivity index (χ0n) is 23.7. The Labute approximate surface area is 259 Å². The number of nitrogens with zero attached hydrogens (tertiary/aromatic N) is 4. The zero-order valence-corrected chi connectivity index (χ0v) is 26.2. The van der Waals surface area contributed by atoms with Crippen LogP contribution in [0.2, 0.25) is 0 Å². The highest BCUT2D eigenvalue weighted by atomic mass is 35.5. The number of nitrogens with one attached hydrogen (secondary N) is 3. The van der Waals surface area contributed by atoms with E-state index in [0.29, 0.717) is 12.1 Å². The molecule has 1 amide bonds. The first-order valence-electron chi connectivity index (χ1n) is 14.9. The Morgan fingerprint density at radius 2 is 1.68 bits per heavy atom. The van der Waals surface area contributed by atoms with Crippen LogP contribution in [0.5, 0.6) is 0 Å². The molecule has 0 aromatic carbocycles. The second-order valence-corrected chi connectivity index (χ2v) is 11.3. The topological polar surface area (TPSA) is 94.7 Å². The summed E-state index contributed by atoms with van der Waals surface area (Å²) in [6.45, 7) is 7.58. The van der Waals surface area contributed by atoms with Crippen molar-refractivity contribution in [1.29, 1.82) is 0 Å². The maximum Gasteiger partial charge on any atom is 0.224 e. The van der Waals surface area contributed by atoms with Crippen molar-refractivity contribution in [2.75, 3.05) is 62.7 Å². The van der Waals surface area contributed by atoms with Crippen LogP contribution in [0, 0.1) is 5.92 Å². The van der Waals surface area contributed by atoms with E-state index in [1.54, 1.807) is 0 Å². The van der Waals surface area contributed by atoms with Crippen molar-refractivity contribution in [2.24, 2.45) is 5.92 Å². The number of halogens is 3. The second-order valence-electron chi connectivity index (χ2n) is 11.3. The normalized spacial score (nSPS) is 24.9. The van der Waals surface area contributed by atoms with Gasteiger partial charge in [-0.1, -0.05) is 12.8 Å². The highest BCUT2D eigenvalue weighted by molar-refractivity contribution is 5.86. The van der Waals surface area contributed by atoms with E-state index in [1.807, 2.05) is 6.20 Å². The maximum absolute atomic E-state index is 12.8. The van der Waals surface area contributed by atoms with Gasteiger partial charge in [0.25, 0.3) is 0 Å². The Kier molecular flexibility index (Phi) is 16.2. The molecule has 0 spiro atoms. The van der Waals surface area contributed by atoms with Gasteiger partial charge in [-0.15, -0.1) is 37.2 Å². The predicted octanol–water partition coefficient (Wildman–Crippen LogP) is 4.05. The van der Waals surface area contributed by atoms with Crippen molar-refractivity contribution in [3.8, 4) is 0 Å². The first-order valence-corrected chi connectivity index (χ1v) is 14.9. The quantitative estimate of drug-likeness (QED) is 0.400. The summed E-state index contributed by atoms with van der Waals surface area (Å²) in [5, 5.41) is 10.4. The molecule has 0 aliphatic carbocycles. The van der Waals surface area contributed by atoms with Crippen LogP contribution in [0.1, 0.15) is 70.6 Å². The first-order chi connectivity index (χ1) is 18.3. The summed E-state index contributed by atoms with van der Waals surface area (Å²) >= 11 is 0. The molecule has 1 aromatic heterocycles. The molecule has 2 atom stereocenters. The average molecular weight is 623 g/mol. The van der Waals surface area contributed by atoms with E-state index in [9.17, 15) is 4.79 Å². The number of anilines is 2.